The molecule has 2 heterocycles. The molecule has 2 aromatic heterocycles. The molecule has 0 amide bonds. The fraction of sp³-hybridized carbons (Fsp3) is 0.188. The third kappa shape index (κ3) is 3.53. The van der Waals surface area contributed by atoms with Gasteiger partial charge in [-0.2, -0.15) is 0 Å². The zero-order valence-electron chi connectivity index (χ0n) is 13.6. The summed E-state index contributed by atoms with van der Waals surface area (Å²) in [5.41, 5.74) is 5.64. The lowest BCUT2D eigenvalue weighted by Gasteiger charge is -2.22. The van der Waals surface area contributed by atoms with Crippen molar-refractivity contribution in [1.82, 2.24) is 15.0 Å². The number of aromatic nitrogens is 3. The molecule has 3 rings (SSSR count). The van der Waals surface area contributed by atoms with Crippen molar-refractivity contribution in [2.75, 3.05) is 5.73 Å². The van der Waals surface area contributed by atoms with E-state index in [4.69, 9.17) is 5.73 Å². The van der Waals surface area contributed by atoms with E-state index in [9.17, 15) is 8.42 Å². The SMILES string of the molecule is CC(C)(c1nccs1)S(=O)(=O)c1ccc(Sc2nccc(N)n2)cc1. The highest BCUT2D eigenvalue weighted by Gasteiger charge is 2.39. The Balaban J connectivity index is 1.87. The predicted octanol–water partition coefficient (Wildman–Crippen LogP) is 3.38. The van der Waals surface area contributed by atoms with Crippen LogP contribution in [0.25, 0.3) is 0 Å². The first-order valence-electron chi connectivity index (χ1n) is 7.32. The van der Waals surface area contributed by atoms with Crippen LogP contribution >= 0.6 is 23.1 Å². The van der Waals surface area contributed by atoms with Gasteiger partial charge in [0.15, 0.2) is 15.0 Å². The molecule has 0 spiro atoms. The molecule has 0 saturated heterocycles. The first kappa shape index (κ1) is 17.8. The first-order valence-corrected chi connectivity index (χ1v) is 10.5. The summed E-state index contributed by atoms with van der Waals surface area (Å²) in [6, 6.07) is 8.28. The maximum atomic E-state index is 13.0. The highest BCUT2D eigenvalue weighted by atomic mass is 32.2. The number of thiazole rings is 1. The summed E-state index contributed by atoms with van der Waals surface area (Å²) in [5.74, 6) is 0.391. The number of sulfone groups is 1. The Morgan fingerprint density at radius 3 is 2.40 bits per heavy atom. The summed E-state index contributed by atoms with van der Waals surface area (Å²) in [6.07, 6.45) is 3.20. The van der Waals surface area contributed by atoms with E-state index in [2.05, 4.69) is 15.0 Å². The minimum Gasteiger partial charge on any atom is -0.384 e. The van der Waals surface area contributed by atoms with Gasteiger partial charge in [0, 0.05) is 22.7 Å². The topological polar surface area (TPSA) is 98.8 Å². The molecular formula is C16H16N4O2S3. The van der Waals surface area contributed by atoms with Gasteiger partial charge in [-0.1, -0.05) is 0 Å². The highest BCUT2D eigenvalue weighted by molar-refractivity contribution is 7.99. The Hall–Kier alpha value is -1.97. The zero-order valence-corrected chi connectivity index (χ0v) is 16.0. The van der Waals surface area contributed by atoms with Gasteiger partial charge in [0.2, 0.25) is 0 Å². The first-order chi connectivity index (χ1) is 11.8. The minimum atomic E-state index is -3.57. The summed E-state index contributed by atoms with van der Waals surface area (Å²) in [6.45, 7) is 3.34. The van der Waals surface area contributed by atoms with E-state index in [0.29, 0.717) is 16.0 Å². The van der Waals surface area contributed by atoms with Crippen molar-refractivity contribution < 1.29 is 8.42 Å². The standard InChI is InChI=1S/C16H16N4O2S3/c1-16(2,14-18-9-10-23-14)25(21,22)12-5-3-11(4-6-12)24-15-19-8-7-13(17)20-15/h3-10H,1-2H3,(H2,17,19,20). The Morgan fingerprint density at radius 2 is 1.80 bits per heavy atom. The van der Waals surface area contributed by atoms with Gasteiger partial charge in [-0.3, -0.25) is 0 Å². The summed E-state index contributed by atoms with van der Waals surface area (Å²) < 4.78 is 24.9. The Kier molecular flexibility index (Phi) is 4.81. The van der Waals surface area contributed by atoms with Crippen molar-refractivity contribution in [1.29, 1.82) is 0 Å². The number of hydrogen-bond donors (Lipinski definition) is 1. The molecule has 130 valence electrons. The summed E-state index contributed by atoms with van der Waals surface area (Å²) in [4.78, 5) is 13.5. The van der Waals surface area contributed by atoms with Crippen molar-refractivity contribution in [2.45, 2.75) is 33.5 Å². The van der Waals surface area contributed by atoms with E-state index >= 15 is 0 Å². The molecule has 0 radical (unpaired) electrons. The molecular weight excluding hydrogens is 376 g/mol. The Bertz CT molecular complexity index is 969. The highest BCUT2D eigenvalue weighted by Crippen LogP contribution is 2.36. The van der Waals surface area contributed by atoms with Gasteiger partial charge in [0.1, 0.15) is 15.6 Å². The van der Waals surface area contributed by atoms with E-state index in [1.807, 2.05) is 0 Å². The van der Waals surface area contributed by atoms with Crippen molar-refractivity contribution in [3.63, 3.8) is 0 Å². The van der Waals surface area contributed by atoms with Crippen LogP contribution in [0.15, 0.2) is 63.1 Å². The number of nitrogens with zero attached hydrogens (tertiary/aromatic N) is 3. The van der Waals surface area contributed by atoms with Crippen LogP contribution in [0, 0.1) is 0 Å². The predicted molar refractivity (Wildman–Crippen MR) is 99.3 cm³/mol. The third-order valence-corrected chi connectivity index (χ3v) is 8.16. The lowest BCUT2D eigenvalue weighted by molar-refractivity contribution is 0.554. The fourth-order valence-electron chi connectivity index (χ4n) is 2.13. The number of hydrogen-bond acceptors (Lipinski definition) is 8. The smallest absolute Gasteiger partial charge is 0.194 e. The van der Waals surface area contributed by atoms with Gasteiger partial charge in [-0.15, -0.1) is 11.3 Å². The summed E-state index contributed by atoms with van der Waals surface area (Å²) in [5, 5.41) is 2.86. The fourth-order valence-corrected chi connectivity index (χ4v) is 5.37. The maximum absolute atomic E-state index is 13.0. The van der Waals surface area contributed by atoms with Crippen molar-refractivity contribution in [3.05, 3.63) is 53.1 Å². The van der Waals surface area contributed by atoms with E-state index in [1.165, 1.54) is 23.1 Å². The molecule has 25 heavy (non-hydrogen) atoms. The molecule has 2 N–H and O–H groups in total. The molecule has 3 aromatic rings. The molecule has 0 atom stereocenters. The Labute approximate surface area is 154 Å². The van der Waals surface area contributed by atoms with Crippen molar-refractivity contribution >= 4 is 38.8 Å². The summed E-state index contributed by atoms with van der Waals surface area (Å²) >= 11 is 2.65. The van der Waals surface area contributed by atoms with E-state index < -0.39 is 14.6 Å². The summed E-state index contributed by atoms with van der Waals surface area (Å²) in [7, 11) is -3.57. The molecule has 1 aromatic carbocycles. The number of anilines is 1. The normalized spacial score (nSPS) is 12.2. The van der Waals surface area contributed by atoms with Crippen molar-refractivity contribution in [2.24, 2.45) is 0 Å². The van der Waals surface area contributed by atoms with Crippen LogP contribution in [0.1, 0.15) is 18.9 Å². The van der Waals surface area contributed by atoms with E-state index in [-0.39, 0.29) is 4.90 Å². The van der Waals surface area contributed by atoms with Crippen LogP contribution in [0.2, 0.25) is 0 Å². The van der Waals surface area contributed by atoms with Crippen LogP contribution in [-0.2, 0) is 14.6 Å². The van der Waals surface area contributed by atoms with Gasteiger partial charge in [-0.05, 0) is 55.9 Å². The molecule has 9 heteroatoms. The monoisotopic (exact) mass is 392 g/mol. The second kappa shape index (κ2) is 6.74. The Morgan fingerprint density at radius 1 is 1.08 bits per heavy atom. The van der Waals surface area contributed by atoms with Crippen LogP contribution in [-0.4, -0.2) is 23.4 Å². The average molecular weight is 393 g/mol. The molecule has 0 aliphatic carbocycles. The van der Waals surface area contributed by atoms with Gasteiger partial charge in [0.25, 0.3) is 0 Å². The van der Waals surface area contributed by atoms with Crippen LogP contribution < -0.4 is 5.73 Å². The molecule has 0 unspecified atom stereocenters. The molecule has 0 fully saturated rings. The van der Waals surface area contributed by atoms with E-state index in [1.54, 1.807) is 62.0 Å². The molecule has 0 aliphatic heterocycles. The van der Waals surface area contributed by atoms with Gasteiger partial charge in [0.05, 0.1) is 4.90 Å². The number of nitrogens with two attached hydrogens (primary N) is 1. The van der Waals surface area contributed by atoms with Gasteiger partial charge >= 0.3 is 0 Å². The lowest BCUT2D eigenvalue weighted by atomic mass is 10.2. The quantitative estimate of drug-likeness (QED) is 0.665. The third-order valence-electron chi connectivity index (χ3n) is 3.62. The van der Waals surface area contributed by atoms with Crippen LogP contribution in [0.3, 0.4) is 0 Å². The minimum absolute atomic E-state index is 0.255. The van der Waals surface area contributed by atoms with Gasteiger partial charge in [-0.25, -0.2) is 23.4 Å². The van der Waals surface area contributed by atoms with Crippen LogP contribution in [0.4, 0.5) is 5.82 Å². The zero-order chi connectivity index (χ0) is 18.1. The van der Waals surface area contributed by atoms with Gasteiger partial charge < -0.3 is 5.73 Å². The maximum Gasteiger partial charge on any atom is 0.194 e. The van der Waals surface area contributed by atoms with E-state index in [0.717, 1.165) is 4.90 Å². The lowest BCUT2D eigenvalue weighted by Crippen LogP contribution is -2.29. The number of benzene rings is 1. The molecule has 0 aliphatic rings. The molecule has 6 nitrogen and oxygen atoms in total. The second-order valence-corrected chi connectivity index (χ2v) is 10.1. The molecule has 0 bridgehead atoms. The van der Waals surface area contributed by atoms with Crippen LogP contribution in [0.5, 0.6) is 0 Å². The number of rotatable bonds is 5. The average Bonchev–Trinajstić information content (AvgIpc) is 3.10. The molecule has 0 saturated carbocycles. The largest absolute Gasteiger partial charge is 0.384 e. The number of nitrogen functional groups attached to an aromatic ring is 1. The van der Waals surface area contributed by atoms with Crippen molar-refractivity contribution in [3.8, 4) is 0 Å². The second-order valence-electron chi connectivity index (χ2n) is 5.69.